The fourth-order valence-electron chi connectivity index (χ4n) is 6.38. The Morgan fingerprint density at radius 2 is 2.09 bits per heavy atom. The number of aliphatic hydroxyl groups is 1. The van der Waals surface area contributed by atoms with E-state index in [0.29, 0.717) is 5.41 Å². The summed E-state index contributed by atoms with van der Waals surface area (Å²) in [5.74, 6) is 2.31. The maximum Gasteiger partial charge on any atom is 0.0577 e. The van der Waals surface area contributed by atoms with Gasteiger partial charge >= 0.3 is 0 Å². The molecule has 5 unspecified atom stereocenters. The van der Waals surface area contributed by atoms with Crippen LogP contribution >= 0.6 is 0 Å². The molecule has 0 aliphatic heterocycles. The van der Waals surface area contributed by atoms with E-state index >= 15 is 0 Å². The molecular formula is C22H34O. The number of aliphatic hydroxyl groups excluding tert-OH is 1. The summed E-state index contributed by atoms with van der Waals surface area (Å²) in [5.41, 5.74) is 6.76. The highest BCUT2D eigenvalue weighted by Crippen LogP contribution is 2.62. The van der Waals surface area contributed by atoms with Crippen molar-refractivity contribution in [1.82, 2.24) is 0 Å². The van der Waals surface area contributed by atoms with Crippen LogP contribution in [0.25, 0.3) is 0 Å². The summed E-state index contributed by atoms with van der Waals surface area (Å²) in [6.45, 7) is 13.5. The predicted octanol–water partition coefficient (Wildman–Crippen LogP) is 5.66. The molecule has 0 aromatic carbocycles. The lowest BCUT2D eigenvalue weighted by molar-refractivity contribution is -0.0377. The van der Waals surface area contributed by atoms with E-state index in [4.69, 9.17) is 0 Å². The monoisotopic (exact) mass is 314 g/mol. The van der Waals surface area contributed by atoms with Gasteiger partial charge in [-0.3, -0.25) is 0 Å². The molecule has 0 radical (unpaired) electrons. The summed E-state index contributed by atoms with van der Waals surface area (Å²) in [6, 6.07) is 0. The molecule has 2 fully saturated rings. The van der Waals surface area contributed by atoms with E-state index in [1.54, 1.807) is 5.57 Å². The van der Waals surface area contributed by atoms with Crippen LogP contribution in [-0.2, 0) is 0 Å². The zero-order valence-corrected chi connectivity index (χ0v) is 15.5. The van der Waals surface area contributed by atoms with Crippen molar-refractivity contribution in [3.63, 3.8) is 0 Å². The molecule has 23 heavy (non-hydrogen) atoms. The molecule has 0 amide bonds. The van der Waals surface area contributed by atoms with Crippen LogP contribution in [0.5, 0.6) is 0 Å². The minimum absolute atomic E-state index is 0.104. The zero-order valence-electron chi connectivity index (χ0n) is 15.5. The molecular weight excluding hydrogens is 280 g/mol. The summed E-state index contributed by atoms with van der Waals surface area (Å²) >= 11 is 0. The lowest BCUT2D eigenvalue weighted by Gasteiger charge is -2.58. The Morgan fingerprint density at radius 1 is 1.35 bits per heavy atom. The Hall–Kier alpha value is -0.780. The lowest BCUT2D eigenvalue weighted by atomic mass is 9.46. The van der Waals surface area contributed by atoms with Crippen LogP contribution in [0.15, 0.2) is 29.5 Å². The maximum atomic E-state index is 10.1. The maximum absolute atomic E-state index is 10.1. The van der Waals surface area contributed by atoms with E-state index in [-0.39, 0.29) is 11.5 Å². The second-order valence-corrected chi connectivity index (χ2v) is 8.82. The minimum Gasteiger partial charge on any atom is -0.393 e. The predicted molar refractivity (Wildman–Crippen MR) is 97.1 cm³/mol. The molecule has 1 heteroatoms. The van der Waals surface area contributed by atoms with Gasteiger partial charge in [0.15, 0.2) is 0 Å². The van der Waals surface area contributed by atoms with Gasteiger partial charge in [0.1, 0.15) is 0 Å². The van der Waals surface area contributed by atoms with Gasteiger partial charge in [-0.15, -0.1) is 5.73 Å². The largest absolute Gasteiger partial charge is 0.393 e. The number of rotatable bonds is 2. The smallest absolute Gasteiger partial charge is 0.0577 e. The first kappa shape index (κ1) is 17.1. The van der Waals surface area contributed by atoms with Crippen molar-refractivity contribution >= 4 is 0 Å². The Labute approximate surface area is 142 Å². The summed E-state index contributed by atoms with van der Waals surface area (Å²) in [6.07, 6.45) is 10.5. The highest BCUT2D eigenvalue weighted by Gasteiger charge is 2.54. The van der Waals surface area contributed by atoms with Gasteiger partial charge in [-0.05, 0) is 79.6 Å². The average molecular weight is 315 g/mol. The van der Waals surface area contributed by atoms with E-state index in [1.807, 2.05) is 0 Å². The minimum atomic E-state index is -0.104. The van der Waals surface area contributed by atoms with Crippen molar-refractivity contribution < 1.29 is 5.11 Å². The van der Waals surface area contributed by atoms with Crippen molar-refractivity contribution in [1.29, 1.82) is 0 Å². The quantitative estimate of drug-likeness (QED) is 0.515. The number of hydrogen-bond acceptors (Lipinski definition) is 1. The molecule has 128 valence electrons. The molecule has 0 aromatic heterocycles. The normalized spacial score (nSPS) is 46.2. The molecule has 0 aromatic rings. The molecule has 0 spiro atoms. The SMILES string of the molecule is C=C=C(C)C1(C)CCC2C(CC=C3C[C@@H](O)CCC32C)C1CC. The zero-order chi connectivity index (χ0) is 16.8. The van der Waals surface area contributed by atoms with Gasteiger partial charge in [0, 0.05) is 0 Å². The first-order chi connectivity index (χ1) is 10.9. The lowest BCUT2D eigenvalue weighted by Crippen LogP contribution is -2.50. The Bertz CT molecular complexity index is 552. The fraction of sp³-hybridized carbons (Fsp3) is 0.773. The van der Waals surface area contributed by atoms with Crippen LogP contribution in [0.3, 0.4) is 0 Å². The van der Waals surface area contributed by atoms with Gasteiger partial charge < -0.3 is 5.11 Å². The summed E-state index contributed by atoms with van der Waals surface area (Å²) in [4.78, 5) is 0. The molecule has 0 bridgehead atoms. The Morgan fingerprint density at radius 3 is 2.74 bits per heavy atom. The third kappa shape index (κ3) is 2.48. The third-order valence-corrected chi connectivity index (χ3v) is 8.03. The summed E-state index contributed by atoms with van der Waals surface area (Å²) in [5, 5.41) is 10.1. The Balaban J connectivity index is 1.97. The van der Waals surface area contributed by atoms with Gasteiger partial charge in [-0.2, -0.15) is 0 Å². The summed E-state index contributed by atoms with van der Waals surface area (Å²) in [7, 11) is 0. The van der Waals surface area contributed by atoms with Crippen LogP contribution in [0, 0.1) is 28.6 Å². The number of fused-ring (bicyclic) bond motifs is 3. The van der Waals surface area contributed by atoms with Crippen LogP contribution in [-0.4, -0.2) is 11.2 Å². The van der Waals surface area contributed by atoms with Crippen molar-refractivity contribution in [2.75, 3.05) is 0 Å². The fourth-order valence-corrected chi connectivity index (χ4v) is 6.38. The average Bonchev–Trinajstić information content (AvgIpc) is 2.54. The second-order valence-electron chi connectivity index (χ2n) is 8.82. The van der Waals surface area contributed by atoms with Crippen molar-refractivity contribution in [2.24, 2.45) is 28.6 Å². The van der Waals surface area contributed by atoms with Crippen LogP contribution in [0.2, 0.25) is 0 Å². The molecule has 6 atom stereocenters. The van der Waals surface area contributed by atoms with E-state index < -0.39 is 0 Å². The highest BCUT2D eigenvalue weighted by molar-refractivity contribution is 5.26. The number of allylic oxidation sites excluding steroid dienone is 2. The van der Waals surface area contributed by atoms with E-state index in [1.165, 1.54) is 37.7 Å². The van der Waals surface area contributed by atoms with Crippen molar-refractivity contribution in [3.05, 3.63) is 29.5 Å². The molecule has 1 N–H and O–H groups in total. The molecule has 3 aliphatic rings. The van der Waals surface area contributed by atoms with E-state index in [9.17, 15) is 5.11 Å². The third-order valence-electron chi connectivity index (χ3n) is 8.03. The topological polar surface area (TPSA) is 20.2 Å². The van der Waals surface area contributed by atoms with Crippen LogP contribution in [0.1, 0.15) is 72.6 Å². The van der Waals surface area contributed by atoms with Crippen LogP contribution < -0.4 is 0 Å². The van der Waals surface area contributed by atoms with Gasteiger partial charge in [-0.1, -0.05) is 45.4 Å². The Kier molecular flexibility index (Phi) is 4.40. The molecule has 2 saturated carbocycles. The molecule has 3 rings (SSSR count). The second kappa shape index (κ2) is 5.94. The van der Waals surface area contributed by atoms with E-state index in [2.05, 4.69) is 46.1 Å². The molecule has 0 heterocycles. The summed E-state index contributed by atoms with van der Waals surface area (Å²) < 4.78 is 0. The van der Waals surface area contributed by atoms with Crippen molar-refractivity contribution in [3.8, 4) is 0 Å². The molecule has 3 aliphatic carbocycles. The first-order valence-electron chi connectivity index (χ1n) is 9.61. The van der Waals surface area contributed by atoms with Crippen LogP contribution in [0.4, 0.5) is 0 Å². The standard InChI is InChI=1S/C22H34O/c1-6-15(3)21(4)13-11-20-18(19(21)7-2)9-8-16-14-17(23)10-12-22(16,20)5/h8,17-20,23H,1,7,9-14H2,2-5H3/t17-,18?,19?,20?,21?,22?/m0/s1. The molecule has 0 saturated heterocycles. The van der Waals surface area contributed by atoms with Gasteiger partial charge in [0.2, 0.25) is 0 Å². The first-order valence-corrected chi connectivity index (χ1v) is 9.61. The van der Waals surface area contributed by atoms with Gasteiger partial charge in [0.05, 0.1) is 6.10 Å². The van der Waals surface area contributed by atoms with Gasteiger partial charge in [-0.25, -0.2) is 0 Å². The van der Waals surface area contributed by atoms with E-state index in [0.717, 1.165) is 30.6 Å². The van der Waals surface area contributed by atoms with Crippen molar-refractivity contribution in [2.45, 2.75) is 78.7 Å². The number of hydrogen-bond donors (Lipinski definition) is 1. The van der Waals surface area contributed by atoms with Gasteiger partial charge in [0.25, 0.3) is 0 Å². The highest BCUT2D eigenvalue weighted by atomic mass is 16.3. The molecule has 1 nitrogen and oxygen atoms in total.